The molecule has 0 atom stereocenters. The highest BCUT2D eigenvalue weighted by Crippen LogP contribution is 2.23. The summed E-state index contributed by atoms with van der Waals surface area (Å²) >= 11 is 6.08. The molecule has 3 rings (SSSR count). The van der Waals surface area contributed by atoms with Gasteiger partial charge in [0.15, 0.2) is 0 Å². The molecule has 2 aromatic carbocycles. The van der Waals surface area contributed by atoms with Crippen LogP contribution in [-0.2, 0) is 6.54 Å². The van der Waals surface area contributed by atoms with Crippen molar-refractivity contribution < 1.29 is 9.53 Å². The van der Waals surface area contributed by atoms with Crippen LogP contribution >= 0.6 is 11.6 Å². The summed E-state index contributed by atoms with van der Waals surface area (Å²) in [4.78, 5) is 16.6. The fourth-order valence-corrected chi connectivity index (χ4v) is 2.68. The van der Waals surface area contributed by atoms with E-state index in [0.29, 0.717) is 22.9 Å². The van der Waals surface area contributed by atoms with E-state index in [1.807, 2.05) is 43.3 Å². The van der Waals surface area contributed by atoms with Gasteiger partial charge in [0, 0.05) is 17.3 Å². The van der Waals surface area contributed by atoms with Gasteiger partial charge in [-0.1, -0.05) is 29.8 Å². The lowest BCUT2D eigenvalue weighted by Crippen LogP contribution is -2.14. The maximum atomic E-state index is 12.4. The van der Waals surface area contributed by atoms with Gasteiger partial charge in [-0.15, -0.1) is 0 Å². The molecule has 1 aromatic heterocycles. The second kappa shape index (κ2) is 8.56. The Morgan fingerprint density at radius 2 is 1.89 bits per heavy atom. The van der Waals surface area contributed by atoms with Crippen molar-refractivity contribution in [2.75, 3.05) is 17.7 Å². The normalized spacial score (nSPS) is 10.3. The molecule has 0 unspecified atom stereocenters. The van der Waals surface area contributed by atoms with Gasteiger partial charge < -0.3 is 15.4 Å². The molecule has 3 aromatic rings. The van der Waals surface area contributed by atoms with Crippen molar-refractivity contribution in [2.24, 2.45) is 0 Å². The van der Waals surface area contributed by atoms with Crippen LogP contribution in [0.1, 0.15) is 21.6 Å². The number of hydrogen-bond donors (Lipinski definition) is 2. The predicted octanol–water partition coefficient (Wildman–Crippen LogP) is 4.92. The molecule has 0 radical (unpaired) electrons. The molecule has 0 saturated carbocycles. The first-order chi connectivity index (χ1) is 13.1. The molecule has 0 spiro atoms. The zero-order valence-corrected chi connectivity index (χ0v) is 15.9. The Bertz CT molecular complexity index is 925. The largest absolute Gasteiger partial charge is 0.497 e. The van der Waals surface area contributed by atoms with Crippen molar-refractivity contribution in [3.05, 3.63) is 82.6 Å². The van der Waals surface area contributed by atoms with E-state index >= 15 is 0 Å². The van der Waals surface area contributed by atoms with Gasteiger partial charge in [-0.2, -0.15) is 0 Å². The van der Waals surface area contributed by atoms with Crippen LogP contribution in [-0.4, -0.2) is 18.0 Å². The van der Waals surface area contributed by atoms with Gasteiger partial charge in [-0.3, -0.25) is 4.79 Å². The van der Waals surface area contributed by atoms with Crippen LogP contribution < -0.4 is 15.4 Å². The van der Waals surface area contributed by atoms with E-state index in [1.54, 1.807) is 31.5 Å². The number of rotatable bonds is 6. The Kier molecular flexibility index (Phi) is 5.94. The molecule has 27 heavy (non-hydrogen) atoms. The lowest BCUT2D eigenvalue weighted by Gasteiger charge is -2.10. The van der Waals surface area contributed by atoms with E-state index in [2.05, 4.69) is 15.6 Å². The summed E-state index contributed by atoms with van der Waals surface area (Å²) < 4.78 is 5.15. The molecule has 138 valence electrons. The Hall–Kier alpha value is -3.05. The van der Waals surface area contributed by atoms with Crippen molar-refractivity contribution in [1.29, 1.82) is 0 Å². The first-order valence-electron chi connectivity index (χ1n) is 8.46. The zero-order chi connectivity index (χ0) is 19.2. The third-order valence-electron chi connectivity index (χ3n) is 4.17. The fraction of sp³-hybridized carbons (Fsp3) is 0.143. The van der Waals surface area contributed by atoms with E-state index in [1.165, 1.54) is 0 Å². The standard InChI is InChI=1S/C21H20ClN3O2/c1-14-18(22)4-3-5-19(14)25-21(26)20-11-8-16(13-24-20)23-12-15-6-9-17(27-2)10-7-15/h3-11,13,23H,12H2,1-2H3,(H,25,26). The van der Waals surface area contributed by atoms with E-state index in [9.17, 15) is 4.79 Å². The Balaban J connectivity index is 1.60. The number of hydrogen-bond acceptors (Lipinski definition) is 4. The van der Waals surface area contributed by atoms with Gasteiger partial charge in [-0.05, 0) is 54.4 Å². The van der Waals surface area contributed by atoms with Crippen molar-refractivity contribution in [1.82, 2.24) is 4.98 Å². The number of amides is 1. The molecule has 0 aliphatic heterocycles. The predicted molar refractivity (Wildman–Crippen MR) is 109 cm³/mol. The quantitative estimate of drug-likeness (QED) is 0.636. The summed E-state index contributed by atoms with van der Waals surface area (Å²) in [5, 5.41) is 6.73. The molecule has 1 heterocycles. The highest BCUT2D eigenvalue weighted by molar-refractivity contribution is 6.31. The topological polar surface area (TPSA) is 63.2 Å². The maximum Gasteiger partial charge on any atom is 0.274 e. The number of aromatic nitrogens is 1. The molecule has 6 heteroatoms. The van der Waals surface area contributed by atoms with Crippen molar-refractivity contribution >= 4 is 28.9 Å². The second-order valence-electron chi connectivity index (χ2n) is 6.00. The number of benzene rings is 2. The molecule has 1 amide bonds. The summed E-state index contributed by atoms with van der Waals surface area (Å²) in [6, 6.07) is 16.7. The Morgan fingerprint density at radius 1 is 1.11 bits per heavy atom. The van der Waals surface area contributed by atoms with Crippen LogP contribution in [0, 0.1) is 6.92 Å². The van der Waals surface area contributed by atoms with Gasteiger partial charge in [0.25, 0.3) is 5.91 Å². The number of nitrogens with one attached hydrogen (secondary N) is 2. The summed E-state index contributed by atoms with van der Waals surface area (Å²) in [7, 11) is 1.64. The van der Waals surface area contributed by atoms with Crippen LogP contribution in [0.2, 0.25) is 5.02 Å². The molecule has 0 aliphatic carbocycles. The average molecular weight is 382 g/mol. The second-order valence-corrected chi connectivity index (χ2v) is 6.41. The minimum absolute atomic E-state index is 0.276. The van der Waals surface area contributed by atoms with Crippen LogP contribution in [0.5, 0.6) is 5.75 Å². The Labute approximate surface area is 163 Å². The lowest BCUT2D eigenvalue weighted by molar-refractivity contribution is 0.102. The van der Waals surface area contributed by atoms with Crippen molar-refractivity contribution in [3.8, 4) is 5.75 Å². The smallest absolute Gasteiger partial charge is 0.274 e. The van der Waals surface area contributed by atoms with E-state index in [4.69, 9.17) is 16.3 Å². The minimum atomic E-state index is -0.276. The summed E-state index contributed by atoms with van der Waals surface area (Å²) in [5.41, 5.74) is 3.79. The van der Waals surface area contributed by atoms with Gasteiger partial charge in [-0.25, -0.2) is 4.98 Å². The monoisotopic (exact) mass is 381 g/mol. The third kappa shape index (κ3) is 4.77. The molecule has 0 saturated heterocycles. The molecule has 0 aliphatic rings. The third-order valence-corrected chi connectivity index (χ3v) is 4.58. The van der Waals surface area contributed by atoms with Gasteiger partial charge in [0.05, 0.1) is 19.0 Å². The molecular weight excluding hydrogens is 362 g/mol. The fourth-order valence-electron chi connectivity index (χ4n) is 2.51. The number of methoxy groups -OCH3 is 1. The summed E-state index contributed by atoms with van der Waals surface area (Å²) in [6.45, 7) is 2.51. The Morgan fingerprint density at radius 3 is 2.56 bits per heavy atom. The maximum absolute atomic E-state index is 12.4. The van der Waals surface area contributed by atoms with Crippen LogP contribution in [0.15, 0.2) is 60.8 Å². The van der Waals surface area contributed by atoms with Crippen molar-refractivity contribution in [2.45, 2.75) is 13.5 Å². The van der Waals surface area contributed by atoms with E-state index < -0.39 is 0 Å². The molecule has 0 fully saturated rings. The summed E-state index contributed by atoms with van der Waals surface area (Å²) in [5.74, 6) is 0.549. The van der Waals surface area contributed by atoms with Crippen LogP contribution in [0.3, 0.4) is 0 Å². The first kappa shape index (κ1) is 18.7. The lowest BCUT2D eigenvalue weighted by atomic mass is 10.2. The van der Waals surface area contributed by atoms with Crippen LogP contribution in [0.25, 0.3) is 0 Å². The number of nitrogens with zero attached hydrogens (tertiary/aromatic N) is 1. The highest BCUT2D eigenvalue weighted by Gasteiger charge is 2.10. The van der Waals surface area contributed by atoms with Gasteiger partial charge >= 0.3 is 0 Å². The average Bonchev–Trinajstić information content (AvgIpc) is 2.70. The first-order valence-corrected chi connectivity index (χ1v) is 8.84. The number of carbonyl (C=O) groups excluding carboxylic acids is 1. The van der Waals surface area contributed by atoms with E-state index in [-0.39, 0.29) is 5.91 Å². The summed E-state index contributed by atoms with van der Waals surface area (Å²) in [6.07, 6.45) is 1.64. The van der Waals surface area contributed by atoms with Gasteiger partial charge in [0.1, 0.15) is 11.4 Å². The van der Waals surface area contributed by atoms with E-state index in [0.717, 1.165) is 22.6 Å². The number of pyridine rings is 1. The minimum Gasteiger partial charge on any atom is -0.497 e. The zero-order valence-electron chi connectivity index (χ0n) is 15.1. The molecule has 2 N–H and O–H groups in total. The number of ether oxygens (including phenoxy) is 1. The highest BCUT2D eigenvalue weighted by atomic mass is 35.5. The van der Waals surface area contributed by atoms with Gasteiger partial charge in [0.2, 0.25) is 0 Å². The SMILES string of the molecule is COc1ccc(CNc2ccc(C(=O)Nc3cccc(Cl)c3C)nc2)cc1. The number of halogens is 1. The molecule has 5 nitrogen and oxygen atoms in total. The number of anilines is 2. The van der Waals surface area contributed by atoms with Crippen LogP contribution in [0.4, 0.5) is 11.4 Å². The van der Waals surface area contributed by atoms with Crippen molar-refractivity contribution in [3.63, 3.8) is 0 Å². The number of carbonyl (C=O) groups is 1. The molecule has 0 bridgehead atoms. The molecular formula is C21H20ClN3O2.